The quantitative estimate of drug-likeness (QED) is 0.865. The third-order valence-corrected chi connectivity index (χ3v) is 3.12. The Hall–Kier alpha value is -2.10. The molecule has 4 nitrogen and oxygen atoms in total. The predicted octanol–water partition coefficient (Wildman–Crippen LogP) is 2.51. The van der Waals surface area contributed by atoms with Gasteiger partial charge in [0.05, 0.1) is 0 Å². The molecule has 0 fully saturated rings. The Morgan fingerprint density at radius 1 is 1.26 bits per heavy atom. The van der Waals surface area contributed by atoms with Gasteiger partial charge in [0.1, 0.15) is 5.78 Å². The minimum absolute atomic E-state index is 0.0214. The van der Waals surface area contributed by atoms with Crippen LogP contribution in [0.3, 0.4) is 0 Å². The van der Waals surface area contributed by atoms with Gasteiger partial charge in [-0.2, -0.15) is 0 Å². The van der Waals surface area contributed by atoms with Crippen LogP contribution in [0, 0.1) is 5.92 Å². The van der Waals surface area contributed by atoms with Gasteiger partial charge in [-0.25, -0.2) is 0 Å². The molecule has 0 bridgehead atoms. The summed E-state index contributed by atoms with van der Waals surface area (Å²) in [6.07, 6.45) is 2.23. The van der Waals surface area contributed by atoms with E-state index in [1.807, 2.05) is 38.2 Å². The number of fused-ring (bicyclic) bond motifs is 1. The van der Waals surface area contributed by atoms with Gasteiger partial charge >= 0.3 is 0 Å². The predicted molar refractivity (Wildman–Crippen MR) is 75.1 cm³/mol. The van der Waals surface area contributed by atoms with Gasteiger partial charge in [0, 0.05) is 41.5 Å². The van der Waals surface area contributed by atoms with Crippen molar-refractivity contribution in [1.29, 1.82) is 0 Å². The largest absolute Gasteiger partial charge is 0.361 e. The van der Waals surface area contributed by atoms with Crippen molar-refractivity contribution < 1.29 is 9.59 Å². The zero-order chi connectivity index (χ0) is 13.8. The average Bonchev–Trinajstić information content (AvgIpc) is 2.85. The first-order valence-corrected chi connectivity index (χ1v) is 6.46. The lowest BCUT2D eigenvalue weighted by Gasteiger charge is -2.06. The van der Waals surface area contributed by atoms with Crippen LogP contribution < -0.4 is 5.32 Å². The highest BCUT2D eigenvalue weighted by Gasteiger charge is 2.09. The van der Waals surface area contributed by atoms with E-state index in [-0.39, 0.29) is 17.6 Å². The summed E-state index contributed by atoms with van der Waals surface area (Å²) in [5, 5.41) is 3.78. The monoisotopic (exact) mass is 258 g/mol. The standard InChI is InChI=1S/C15H18N2O2/c1-10(2)14(18)6-8-17-15(19)12-3-4-13-11(9-12)5-7-16-13/h3-5,7,9-10,16H,6,8H2,1-2H3,(H,17,19). The fourth-order valence-electron chi connectivity index (χ4n) is 1.88. The number of hydrogen-bond acceptors (Lipinski definition) is 2. The van der Waals surface area contributed by atoms with Gasteiger partial charge in [0.2, 0.25) is 0 Å². The number of nitrogens with one attached hydrogen (secondary N) is 2. The average molecular weight is 258 g/mol. The molecule has 2 N–H and O–H groups in total. The van der Waals surface area contributed by atoms with Crippen LogP contribution in [0.25, 0.3) is 10.9 Å². The SMILES string of the molecule is CC(C)C(=O)CCNC(=O)c1ccc2[nH]ccc2c1. The normalized spacial score (nSPS) is 10.9. The van der Waals surface area contributed by atoms with E-state index in [2.05, 4.69) is 10.3 Å². The summed E-state index contributed by atoms with van der Waals surface area (Å²) >= 11 is 0. The maximum atomic E-state index is 11.9. The van der Waals surface area contributed by atoms with Crippen molar-refractivity contribution in [2.24, 2.45) is 5.92 Å². The van der Waals surface area contributed by atoms with Crippen LogP contribution in [0.4, 0.5) is 0 Å². The molecule has 0 saturated carbocycles. The second kappa shape index (κ2) is 5.69. The second-order valence-electron chi connectivity index (χ2n) is 4.91. The van der Waals surface area contributed by atoms with Gasteiger partial charge in [-0.1, -0.05) is 13.8 Å². The third kappa shape index (κ3) is 3.22. The summed E-state index contributed by atoms with van der Waals surface area (Å²) in [7, 11) is 0. The van der Waals surface area contributed by atoms with E-state index in [0.717, 1.165) is 10.9 Å². The molecule has 1 aromatic carbocycles. The van der Waals surface area contributed by atoms with Crippen molar-refractivity contribution in [2.75, 3.05) is 6.54 Å². The van der Waals surface area contributed by atoms with Gasteiger partial charge < -0.3 is 10.3 Å². The minimum atomic E-state index is -0.139. The highest BCUT2D eigenvalue weighted by atomic mass is 16.1. The summed E-state index contributed by atoms with van der Waals surface area (Å²) in [4.78, 5) is 26.5. The number of aromatic nitrogens is 1. The molecule has 1 heterocycles. The number of H-pyrrole nitrogens is 1. The number of benzene rings is 1. The van der Waals surface area contributed by atoms with E-state index in [1.54, 1.807) is 6.07 Å². The van der Waals surface area contributed by atoms with Gasteiger partial charge in [-0.05, 0) is 24.3 Å². The van der Waals surface area contributed by atoms with Crippen molar-refractivity contribution >= 4 is 22.6 Å². The first kappa shape index (κ1) is 13.3. The van der Waals surface area contributed by atoms with Crippen molar-refractivity contribution in [3.05, 3.63) is 36.0 Å². The number of carbonyl (C=O) groups is 2. The van der Waals surface area contributed by atoms with Crippen molar-refractivity contribution in [3.8, 4) is 0 Å². The van der Waals surface area contributed by atoms with Crippen LogP contribution in [0.5, 0.6) is 0 Å². The first-order chi connectivity index (χ1) is 9.08. The van der Waals surface area contributed by atoms with Crippen LogP contribution in [0.15, 0.2) is 30.5 Å². The zero-order valence-electron chi connectivity index (χ0n) is 11.2. The minimum Gasteiger partial charge on any atom is -0.361 e. The maximum absolute atomic E-state index is 11.9. The lowest BCUT2D eigenvalue weighted by molar-refractivity contribution is -0.121. The lowest BCUT2D eigenvalue weighted by Crippen LogP contribution is -2.26. The number of rotatable bonds is 5. The lowest BCUT2D eigenvalue weighted by atomic mass is 10.1. The molecule has 4 heteroatoms. The Labute approximate surface area is 112 Å². The van der Waals surface area contributed by atoms with E-state index >= 15 is 0 Å². The summed E-state index contributed by atoms with van der Waals surface area (Å²) < 4.78 is 0. The summed E-state index contributed by atoms with van der Waals surface area (Å²) in [6.45, 7) is 4.12. The molecule has 0 saturated heterocycles. The van der Waals surface area contributed by atoms with Crippen LogP contribution in [0.2, 0.25) is 0 Å². The number of aromatic amines is 1. The van der Waals surface area contributed by atoms with Crippen LogP contribution in [-0.4, -0.2) is 23.2 Å². The molecule has 2 aromatic rings. The van der Waals surface area contributed by atoms with Gasteiger partial charge in [-0.15, -0.1) is 0 Å². The Kier molecular flexibility index (Phi) is 4.00. The van der Waals surface area contributed by atoms with E-state index in [4.69, 9.17) is 0 Å². The molecule has 0 radical (unpaired) electrons. The molecule has 100 valence electrons. The number of ketones is 1. The molecule has 19 heavy (non-hydrogen) atoms. The fourth-order valence-corrected chi connectivity index (χ4v) is 1.88. The first-order valence-electron chi connectivity index (χ1n) is 6.46. The summed E-state index contributed by atoms with van der Waals surface area (Å²) in [5.41, 5.74) is 1.62. The van der Waals surface area contributed by atoms with Crippen LogP contribution in [-0.2, 0) is 4.79 Å². The van der Waals surface area contributed by atoms with Gasteiger partial charge in [0.25, 0.3) is 5.91 Å². The molecule has 1 aromatic heterocycles. The zero-order valence-corrected chi connectivity index (χ0v) is 11.2. The second-order valence-corrected chi connectivity index (χ2v) is 4.91. The molecule has 0 unspecified atom stereocenters. The summed E-state index contributed by atoms with van der Waals surface area (Å²) in [6, 6.07) is 7.42. The topological polar surface area (TPSA) is 62.0 Å². The Morgan fingerprint density at radius 3 is 2.79 bits per heavy atom. The molecule has 0 atom stereocenters. The van der Waals surface area contributed by atoms with E-state index < -0.39 is 0 Å². The Bertz CT molecular complexity index is 599. The number of amides is 1. The highest BCUT2D eigenvalue weighted by molar-refractivity contribution is 5.98. The molecule has 0 spiro atoms. The molecule has 1 amide bonds. The molecular formula is C15H18N2O2. The van der Waals surface area contributed by atoms with Crippen molar-refractivity contribution in [3.63, 3.8) is 0 Å². The van der Waals surface area contributed by atoms with E-state index in [1.165, 1.54) is 0 Å². The number of Topliss-reactive ketones (excluding diaryl/α,β-unsaturated/α-hetero) is 1. The Morgan fingerprint density at radius 2 is 2.05 bits per heavy atom. The van der Waals surface area contributed by atoms with Gasteiger partial charge in [-0.3, -0.25) is 9.59 Å². The smallest absolute Gasteiger partial charge is 0.251 e. The molecule has 0 aliphatic heterocycles. The molecule has 0 aliphatic carbocycles. The fraction of sp³-hybridized carbons (Fsp3) is 0.333. The summed E-state index contributed by atoms with van der Waals surface area (Å²) in [5.74, 6) is 0.0501. The van der Waals surface area contributed by atoms with E-state index in [9.17, 15) is 9.59 Å². The van der Waals surface area contributed by atoms with E-state index in [0.29, 0.717) is 18.5 Å². The number of carbonyl (C=O) groups excluding carboxylic acids is 2. The highest BCUT2D eigenvalue weighted by Crippen LogP contribution is 2.14. The molecular weight excluding hydrogens is 240 g/mol. The van der Waals surface area contributed by atoms with Crippen molar-refractivity contribution in [1.82, 2.24) is 10.3 Å². The van der Waals surface area contributed by atoms with Crippen molar-refractivity contribution in [2.45, 2.75) is 20.3 Å². The van der Waals surface area contributed by atoms with Gasteiger partial charge in [0.15, 0.2) is 0 Å². The number of hydrogen-bond donors (Lipinski definition) is 2. The Balaban J connectivity index is 1.94. The van der Waals surface area contributed by atoms with Crippen LogP contribution in [0.1, 0.15) is 30.6 Å². The third-order valence-electron chi connectivity index (χ3n) is 3.12. The van der Waals surface area contributed by atoms with Crippen LogP contribution >= 0.6 is 0 Å². The molecule has 0 aliphatic rings. The molecule has 2 rings (SSSR count). The maximum Gasteiger partial charge on any atom is 0.251 e.